The van der Waals surface area contributed by atoms with Crippen molar-refractivity contribution in [1.29, 1.82) is 0 Å². The third kappa shape index (κ3) is 3.11. The minimum atomic E-state index is 0.146. The van der Waals surface area contributed by atoms with Crippen LogP contribution in [-0.2, 0) is 5.41 Å². The van der Waals surface area contributed by atoms with Crippen molar-refractivity contribution < 1.29 is 4.74 Å². The molecule has 1 heterocycles. The number of benzene rings is 1. The molecule has 2 nitrogen and oxygen atoms in total. The molecule has 0 radical (unpaired) electrons. The molecular formula is C17H27NO. The van der Waals surface area contributed by atoms with Gasteiger partial charge in [0.1, 0.15) is 5.75 Å². The highest BCUT2D eigenvalue weighted by Gasteiger charge is 2.32. The van der Waals surface area contributed by atoms with Crippen LogP contribution < -0.4 is 10.1 Å². The summed E-state index contributed by atoms with van der Waals surface area (Å²) in [5.74, 6) is 1.07. The van der Waals surface area contributed by atoms with Crippen LogP contribution in [0.15, 0.2) is 18.2 Å². The molecule has 0 bridgehead atoms. The number of ether oxygens (including phenoxy) is 1. The van der Waals surface area contributed by atoms with E-state index in [2.05, 4.69) is 51.2 Å². The van der Waals surface area contributed by atoms with Crippen molar-refractivity contribution in [2.75, 3.05) is 13.2 Å². The summed E-state index contributed by atoms with van der Waals surface area (Å²) in [6.45, 7) is 10.8. The van der Waals surface area contributed by atoms with Gasteiger partial charge in [-0.05, 0) is 30.7 Å². The lowest BCUT2D eigenvalue weighted by molar-refractivity contribution is 0.291. The van der Waals surface area contributed by atoms with Gasteiger partial charge in [-0.15, -0.1) is 0 Å². The van der Waals surface area contributed by atoms with Crippen LogP contribution in [0.4, 0.5) is 0 Å². The van der Waals surface area contributed by atoms with Gasteiger partial charge in [0.05, 0.1) is 6.61 Å². The Labute approximate surface area is 117 Å². The van der Waals surface area contributed by atoms with E-state index in [0.717, 1.165) is 18.9 Å². The molecule has 2 heteroatoms. The van der Waals surface area contributed by atoms with Gasteiger partial charge in [-0.2, -0.15) is 0 Å². The third-order valence-electron chi connectivity index (χ3n) is 4.02. The van der Waals surface area contributed by atoms with Gasteiger partial charge >= 0.3 is 0 Å². The van der Waals surface area contributed by atoms with Crippen LogP contribution in [-0.4, -0.2) is 13.2 Å². The van der Waals surface area contributed by atoms with Crippen molar-refractivity contribution in [1.82, 2.24) is 5.32 Å². The Morgan fingerprint density at radius 1 is 1.32 bits per heavy atom. The average Bonchev–Trinajstić information content (AvgIpc) is 2.70. The van der Waals surface area contributed by atoms with Gasteiger partial charge in [0.25, 0.3) is 0 Å². The van der Waals surface area contributed by atoms with Crippen LogP contribution in [0.3, 0.4) is 0 Å². The lowest BCUT2D eigenvalue weighted by atomic mass is 9.85. The summed E-state index contributed by atoms with van der Waals surface area (Å²) in [5.41, 5.74) is 2.92. The number of nitrogens with one attached hydrogen (secondary N) is 1. The molecule has 1 aliphatic heterocycles. The molecule has 2 rings (SSSR count). The van der Waals surface area contributed by atoms with Gasteiger partial charge in [0.15, 0.2) is 0 Å². The maximum absolute atomic E-state index is 5.77. The third-order valence-corrected chi connectivity index (χ3v) is 4.02. The standard InChI is InChI=1S/C17H27NO/c1-5-7-8-15(18-6-2)13-9-10-16-14(11-13)17(3,4)12-19-16/h9-11,15,18H,5-8,12H2,1-4H3. The summed E-state index contributed by atoms with van der Waals surface area (Å²) in [5, 5.41) is 3.61. The Hall–Kier alpha value is -1.02. The highest BCUT2D eigenvalue weighted by molar-refractivity contribution is 5.45. The van der Waals surface area contributed by atoms with Crippen molar-refractivity contribution >= 4 is 0 Å². The fraction of sp³-hybridized carbons (Fsp3) is 0.647. The molecule has 0 aromatic heterocycles. The minimum absolute atomic E-state index is 0.146. The summed E-state index contributed by atoms with van der Waals surface area (Å²) in [6, 6.07) is 7.20. The monoisotopic (exact) mass is 261 g/mol. The van der Waals surface area contributed by atoms with E-state index in [9.17, 15) is 0 Å². The SMILES string of the molecule is CCCCC(NCC)c1ccc2c(c1)C(C)(C)CO2. The Morgan fingerprint density at radius 3 is 2.79 bits per heavy atom. The highest BCUT2D eigenvalue weighted by Crippen LogP contribution is 2.39. The topological polar surface area (TPSA) is 21.3 Å². The summed E-state index contributed by atoms with van der Waals surface area (Å²) in [6.07, 6.45) is 3.74. The summed E-state index contributed by atoms with van der Waals surface area (Å²) < 4.78 is 5.77. The predicted molar refractivity (Wildman–Crippen MR) is 80.9 cm³/mol. The maximum atomic E-state index is 5.77. The summed E-state index contributed by atoms with van der Waals surface area (Å²) in [7, 11) is 0. The molecule has 1 aliphatic rings. The first kappa shape index (κ1) is 14.4. The molecule has 0 aliphatic carbocycles. The molecule has 1 atom stereocenters. The van der Waals surface area contributed by atoms with Gasteiger partial charge in [0, 0.05) is 17.0 Å². The molecule has 0 amide bonds. The Kier molecular flexibility index (Phi) is 4.51. The number of rotatable bonds is 6. The first-order valence-corrected chi connectivity index (χ1v) is 7.59. The zero-order valence-electron chi connectivity index (χ0n) is 12.8. The van der Waals surface area contributed by atoms with E-state index < -0.39 is 0 Å². The molecular weight excluding hydrogens is 234 g/mol. The van der Waals surface area contributed by atoms with Crippen molar-refractivity contribution in [2.24, 2.45) is 0 Å². The molecule has 1 N–H and O–H groups in total. The Balaban J connectivity index is 2.24. The summed E-state index contributed by atoms with van der Waals surface area (Å²) in [4.78, 5) is 0. The maximum Gasteiger partial charge on any atom is 0.123 e. The fourth-order valence-electron chi connectivity index (χ4n) is 2.80. The second-order valence-corrected chi connectivity index (χ2v) is 6.18. The first-order valence-electron chi connectivity index (χ1n) is 7.59. The lowest BCUT2D eigenvalue weighted by Gasteiger charge is -2.21. The lowest BCUT2D eigenvalue weighted by Crippen LogP contribution is -2.22. The normalized spacial score (nSPS) is 17.9. The molecule has 1 unspecified atom stereocenters. The van der Waals surface area contributed by atoms with E-state index in [1.165, 1.54) is 30.4 Å². The van der Waals surface area contributed by atoms with E-state index in [-0.39, 0.29) is 5.41 Å². The van der Waals surface area contributed by atoms with Gasteiger partial charge in [-0.25, -0.2) is 0 Å². The van der Waals surface area contributed by atoms with Crippen molar-refractivity contribution in [2.45, 2.75) is 58.4 Å². The fourth-order valence-corrected chi connectivity index (χ4v) is 2.80. The zero-order chi connectivity index (χ0) is 13.9. The minimum Gasteiger partial charge on any atom is -0.492 e. The number of hydrogen-bond donors (Lipinski definition) is 1. The molecule has 19 heavy (non-hydrogen) atoms. The quantitative estimate of drug-likeness (QED) is 0.828. The summed E-state index contributed by atoms with van der Waals surface area (Å²) >= 11 is 0. The zero-order valence-corrected chi connectivity index (χ0v) is 12.8. The largest absolute Gasteiger partial charge is 0.492 e. The molecule has 1 aromatic rings. The van der Waals surface area contributed by atoms with Crippen molar-refractivity contribution in [3.63, 3.8) is 0 Å². The van der Waals surface area contributed by atoms with Crippen LogP contribution in [0.1, 0.15) is 64.1 Å². The van der Waals surface area contributed by atoms with E-state index in [1.807, 2.05) is 0 Å². The number of unbranched alkanes of at least 4 members (excludes halogenated alkanes) is 1. The Bertz CT molecular complexity index is 425. The van der Waals surface area contributed by atoms with E-state index in [1.54, 1.807) is 0 Å². The van der Waals surface area contributed by atoms with E-state index in [4.69, 9.17) is 4.74 Å². The van der Waals surface area contributed by atoms with Gasteiger partial charge in [-0.1, -0.05) is 46.6 Å². The second kappa shape index (κ2) is 5.96. The second-order valence-electron chi connectivity index (χ2n) is 6.18. The number of fused-ring (bicyclic) bond motifs is 1. The van der Waals surface area contributed by atoms with Crippen LogP contribution in [0.25, 0.3) is 0 Å². The van der Waals surface area contributed by atoms with Gasteiger partial charge in [0.2, 0.25) is 0 Å². The first-order chi connectivity index (χ1) is 9.08. The smallest absolute Gasteiger partial charge is 0.123 e. The van der Waals surface area contributed by atoms with Crippen LogP contribution in [0.2, 0.25) is 0 Å². The van der Waals surface area contributed by atoms with Gasteiger partial charge < -0.3 is 10.1 Å². The molecule has 106 valence electrons. The van der Waals surface area contributed by atoms with Crippen LogP contribution in [0, 0.1) is 0 Å². The Morgan fingerprint density at radius 2 is 2.11 bits per heavy atom. The molecule has 1 aromatic carbocycles. The molecule has 0 spiro atoms. The highest BCUT2D eigenvalue weighted by atomic mass is 16.5. The molecule has 0 fully saturated rings. The van der Waals surface area contributed by atoms with E-state index in [0.29, 0.717) is 6.04 Å². The van der Waals surface area contributed by atoms with E-state index >= 15 is 0 Å². The van der Waals surface area contributed by atoms with Crippen LogP contribution >= 0.6 is 0 Å². The van der Waals surface area contributed by atoms with Crippen molar-refractivity contribution in [3.8, 4) is 5.75 Å². The molecule has 0 saturated carbocycles. The predicted octanol–water partition coefficient (Wildman–Crippen LogP) is 4.20. The number of hydrogen-bond acceptors (Lipinski definition) is 2. The van der Waals surface area contributed by atoms with Gasteiger partial charge in [-0.3, -0.25) is 0 Å². The van der Waals surface area contributed by atoms with Crippen molar-refractivity contribution in [3.05, 3.63) is 29.3 Å². The molecule has 0 saturated heterocycles. The average molecular weight is 261 g/mol. The van der Waals surface area contributed by atoms with Crippen LogP contribution in [0.5, 0.6) is 5.75 Å².